The molecule has 1 fully saturated rings. The zero-order chi connectivity index (χ0) is 12.3. The van der Waals surface area contributed by atoms with Gasteiger partial charge >= 0.3 is 0 Å². The van der Waals surface area contributed by atoms with Crippen LogP contribution in [0.15, 0.2) is 12.3 Å². The first kappa shape index (κ1) is 12.2. The third-order valence-electron chi connectivity index (χ3n) is 3.36. The van der Waals surface area contributed by atoms with Gasteiger partial charge in [0.05, 0.1) is 17.8 Å². The molecule has 0 saturated heterocycles. The van der Waals surface area contributed by atoms with Gasteiger partial charge in [0.2, 0.25) is 0 Å². The molecule has 1 aliphatic rings. The summed E-state index contributed by atoms with van der Waals surface area (Å²) in [6.07, 6.45) is 6.81. The van der Waals surface area contributed by atoms with Crippen molar-refractivity contribution in [2.45, 2.75) is 51.2 Å². The van der Waals surface area contributed by atoms with Crippen LogP contribution in [0, 0.1) is 6.92 Å². The standard InChI is InChI=1S/C13H21N3O/c1-9-7-10(14)13(15-8-9)16-11-5-3-2-4-6-12(11)17/h7-8,11-12,17H,2-6,14H2,1H3,(H,15,16). The van der Waals surface area contributed by atoms with Crippen LogP contribution >= 0.6 is 0 Å². The van der Waals surface area contributed by atoms with E-state index in [0.717, 1.165) is 31.2 Å². The summed E-state index contributed by atoms with van der Waals surface area (Å²) in [6, 6.07) is 1.98. The molecule has 1 heterocycles. The average molecular weight is 235 g/mol. The van der Waals surface area contributed by atoms with Crippen molar-refractivity contribution >= 4 is 11.5 Å². The van der Waals surface area contributed by atoms with E-state index in [-0.39, 0.29) is 12.1 Å². The predicted octanol–water partition coefficient (Wildman–Crippen LogP) is 2.08. The van der Waals surface area contributed by atoms with Gasteiger partial charge in [0.25, 0.3) is 0 Å². The largest absolute Gasteiger partial charge is 0.396 e. The van der Waals surface area contributed by atoms with Crippen LogP contribution in [0.4, 0.5) is 11.5 Å². The molecule has 94 valence electrons. The zero-order valence-corrected chi connectivity index (χ0v) is 10.3. The number of nitrogen functional groups attached to an aromatic ring is 1. The molecule has 17 heavy (non-hydrogen) atoms. The highest BCUT2D eigenvalue weighted by Crippen LogP contribution is 2.23. The lowest BCUT2D eigenvalue weighted by Gasteiger charge is -2.23. The summed E-state index contributed by atoms with van der Waals surface area (Å²) >= 11 is 0. The van der Waals surface area contributed by atoms with E-state index in [4.69, 9.17) is 5.73 Å². The number of aromatic nitrogens is 1. The number of nitrogens with one attached hydrogen (secondary N) is 1. The quantitative estimate of drug-likeness (QED) is 0.686. The Hall–Kier alpha value is -1.29. The molecule has 0 spiro atoms. The lowest BCUT2D eigenvalue weighted by Crippen LogP contribution is -2.33. The Balaban J connectivity index is 2.08. The minimum absolute atomic E-state index is 0.0787. The highest BCUT2D eigenvalue weighted by molar-refractivity contribution is 5.62. The molecule has 4 heteroatoms. The number of hydrogen-bond acceptors (Lipinski definition) is 4. The lowest BCUT2D eigenvalue weighted by molar-refractivity contribution is 0.144. The van der Waals surface area contributed by atoms with Crippen molar-refractivity contribution in [3.63, 3.8) is 0 Å². The predicted molar refractivity (Wildman–Crippen MR) is 69.9 cm³/mol. The van der Waals surface area contributed by atoms with E-state index in [0.29, 0.717) is 11.5 Å². The van der Waals surface area contributed by atoms with Crippen LogP contribution in [0.25, 0.3) is 0 Å². The number of pyridine rings is 1. The molecule has 0 bridgehead atoms. The average Bonchev–Trinajstić information content (AvgIpc) is 2.48. The van der Waals surface area contributed by atoms with Crippen molar-refractivity contribution < 1.29 is 5.11 Å². The van der Waals surface area contributed by atoms with Crippen LogP contribution in [-0.4, -0.2) is 22.2 Å². The van der Waals surface area contributed by atoms with Gasteiger partial charge < -0.3 is 16.2 Å². The first-order valence-corrected chi connectivity index (χ1v) is 6.33. The SMILES string of the molecule is Cc1cnc(NC2CCCCCC2O)c(N)c1. The van der Waals surface area contributed by atoms with E-state index >= 15 is 0 Å². The van der Waals surface area contributed by atoms with Crippen LogP contribution in [0.5, 0.6) is 0 Å². The monoisotopic (exact) mass is 235 g/mol. The van der Waals surface area contributed by atoms with Gasteiger partial charge in [0, 0.05) is 6.20 Å². The summed E-state index contributed by atoms with van der Waals surface area (Å²) in [6.45, 7) is 1.97. The van der Waals surface area contributed by atoms with E-state index in [9.17, 15) is 5.11 Å². The Labute approximate surface area is 102 Å². The molecule has 0 radical (unpaired) electrons. The van der Waals surface area contributed by atoms with E-state index in [2.05, 4.69) is 10.3 Å². The van der Waals surface area contributed by atoms with Gasteiger partial charge in [0.15, 0.2) is 0 Å². The molecule has 4 nitrogen and oxygen atoms in total. The molecular weight excluding hydrogens is 214 g/mol. The fourth-order valence-electron chi connectivity index (χ4n) is 2.34. The molecule has 0 aromatic carbocycles. The van der Waals surface area contributed by atoms with Crippen molar-refractivity contribution in [1.29, 1.82) is 0 Å². The van der Waals surface area contributed by atoms with Crippen LogP contribution in [0.3, 0.4) is 0 Å². The number of rotatable bonds is 2. The summed E-state index contributed by atoms with van der Waals surface area (Å²) in [5, 5.41) is 13.3. The van der Waals surface area contributed by atoms with Crippen molar-refractivity contribution in [2.24, 2.45) is 0 Å². The number of nitrogens with zero attached hydrogens (tertiary/aromatic N) is 1. The Bertz CT molecular complexity index is 381. The second kappa shape index (κ2) is 5.36. The Morgan fingerprint density at radius 3 is 2.88 bits per heavy atom. The molecule has 2 unspecified atom stereocenters. The molecule has 4 N–H and O–H groups in total. The van der Waals surface area contributed by atoms with Crippen LogP contribution in [0.2, 0.25) is 0 Å². The molecule has 2 rings (SSSR count). The fraction of sp³-hybridized carbons (Fsp3) is 0.615. The highest BCUT2D eigenvalue weighted by Gasteiger charge is 2.22. The zero-order valence-electron chi connectivity index (χ0n) is 10.3. The van der Waals surface area contributed by atoms with Gasteiger partial charge in [-0.05, 0) is 31.4 Å². The first-order chi connectivity index (χ1) is 8.16. The number of anilines is 2. The van der Waals surface area contributed by atoms with E-state index < -0.39 is 0 Å². The van der Waals surface area contributed by atoms with Gasteiger partial charge in [-0.2, -0.15) is 0 Å². The first-order valence-electron chi connectivity index (χ1n) is 6.33. The summed E-state index contributed by atoms with van der Waals surface area (Å²) in [5.41, 5.74) is 7.62. The molecular formula is C13H21N3O. The minimum Gasteiger partial charge on any atom is -0.396 e. The second-order valence-electron chi connectivity index (χ2n) is 4.91. The number of aryl methyl sites for hydroxylation is 1. The van der Waals surface area contributed by atoms with Crippen molar-refractivity contribution in [3.8, 4) is 0 Å². The summed E-state index contributed by atoms with van der Waals surface area (Å²) in [4.78, 5) is 4.29. The van der Waals surface area contributed by atoms with Crippen LogP contribution in [-0.2, 0) is 0 Å². The lowest BCUT2D eigenvalue weighted by atomic mass is 10.1. The van der Waals surface area contributed by atoms with Crippen molar-refractivity contribution in [2.75, 3.05) is 11.1 Å². The molecule has 1 aromatic rings. The number of hydrogen-bond donors (Lipinski definition) is 3. The van der Waals surface area contributed by atoms with E-state index in [1.54, 1.807) is 6.20 Å². The smallest absolute Gasteiger partial charge is 0.149 e. The van der Waals surface area contributed by atoms with Gasteiger partial charge in [0.1, 0.15) is 5.82 Å². The third-order valence-corrected chi connectivity index (χ3v) is 3.36. The van der Waals surface area contributed by atoms with Crippen LogP contribution < -0.4 is 11.1 Å². The van der Waals surface area contributed by atoms with E-state index in [1.807, 2.05) is 13.0 Å². The maximum atomic E-state index is 10.0. The fourth-order valence-corrected chi connectivity index (χ4v) is 2.34. The van der Waals surface area contributed by atoms with Gasteiger partial charge in [-0.15, -0.1) is 0 Å². The maximum Gasteiger partial charge on any atom is 0.149 e. The number of aliphatic hydroxyl groups is 1. The maximum absolute atomic E-state index is 10.0. The topological polar surface area (TPSA) is 71.2 Å². The molecule has 1 aromatic heterocycles. The summed E-state index contributed by atoms with van der Waals surface area (Å²) in [5.74, 6) is 0.696. The van der Waals surface area contributed by atoms with Gasteiger partial charge in [-0.1, -0.05) is 19.3 Å². The van der Waals surface area contributed by atoms with Gasteiger partial charge in [-0.25, -0.2) is 4.98 Å². The molecule has 2 atom stereocenters. The van der Waals surface area contributed by atoms with Crippen molar-refractivity contribution in [3.05, 3.63) is 17.8 Å². The number of nitrogens with two attached hydrogens (primary N) is 1. The normalized spacial score (nSPS) is 25.3. The highest BCUT2D eigenvalue weighted by atomic mass is 16.3. The Kier molecular flexibility index (Phi) is 3.84. The van der Waals surface area contributed by atoms with Crippen LogP contribution in [0.1, 0.15) is 37.7 Å². The third kappa shape index (κ3) is 3.09. The minimum atomic E-state index is -0.292. The molecule has 0 amide bonds. The van der Waals surface area contributed by atoms with Crippen molar-refractivity contribution in [1.82, 2.24) is 4.98 Å². The van der Waals surface area contributed by atoms with E-state index in [1.165, 1.54) is 6.42 Å². The summed E-state index contributed by atoms with van der Waals surface area (Å²) in [7, 11) is 0. The Morgan fingerprint density at radius 2 is 2.12 bits per heavy atom. The summed E-state index contributed by atoms with van der Waals surface area (Å²) < 4.78 is 0. The number of aliphatic hydroxyl groups excluding tert-OH is 1. The molecule has 1 aliphatic carbocycles. The Morgan fingerprint density at radius 1 is 1.35 bits per heavy atom. The van der Waals surface area contributed by atoms with Gasteiger partial charge in [-0.3, -0.25) is 0 Å². The second-order valence-corrected chi connectivity index (χ2v) is 4.91. The molecule has 0 aliphatic heterocycles. The molecule has 1 saturated carbocycles.